The Morgan fingerprint density at radius 1 is 1.42 bits per heavy atom. The molecule has 19 heavy (non-hydrogen) atoms. The van der Waals surface area contributed by atoms with Crippen LogP contribution in [0.3, 0.4) is 0 Å². The second-order valence-electron chi connectivity index (χ2n) is 4.55. The van der Waals surface area contributed by atoms with Crippen LogP contribution in [0.4, 0.5) is 0 Å². The van der Waals surface area contributed by atoms with Gasteiger partial charge in [0.25, 0.3) is 0 Å². The number of halogens is 2. The molecule has 0 unspecified atom stereocenters. The lowest BCUT2D eigenvalue weighted by Crippen LogP contribution is -2.49. The van der Waals surface area contributed by atoms with Crippen LogP contribution in [0.1, 0.15) is 32.3 Å². The molecule has 1 amide bonds. The summed E-state index contributed by atoms with van der Waals surface area (Å²) >= 11 is 0. The molecule has 1 aromatic heterocycles. The largest absolute Gasteiger partial charge is 0.354 e. The lowest BCUT2D eigenvalue weighted by atomic mass is 9.94. The van der Waals surface area contributed by atoms with Crippen molar-refractivity contribution >= 4 is 30.7 Å². The molecule has 0 fully saturated rings. The minimum Gasteiger partial charge on any atom is -0.354 e. The number of aryl methyl sites for hydroxylation is 1. The van der Waals surface area contributed by atoms with E-state index in [1.54, 1.807) is 10.9 Å². The van der Waals surface area contributed by atoms with Crippen molar-refractivity contribution in [3.8, 4) is 0 Å². The highest BCUT2D eigenvalue weighted by Gasteiger charge is 2.20. The topological polar surface area (TPSA) is 72.9 Å². The lowest BCUT2D eigenvalue weighted by Gasteiger charge is -2.26. The Bertz CT molecular complexity index is 378. The van der Waals surface area contributed by atoms with Gasteiger partial charge in [0, 0.05) is 25.3 Å². The van der Waals surface area contributed by atoms with Crippen LogP contribution in [-0.4, -0.2) is 27.8 Å². The Morgan fingerprint density at radius 3 is 2.42 bits per heavy atom. The molecule has 0 spiro atoms. The zero-order valence-corrected chi connectivity index (χ0v) is 13.3. The number of nitrogens with zero attached hydrogens (tertiary/aromatic N) is 2. The van der Waals surface area contributed by atoms with E-state index in [2.05, 4.69) is 10.4 Å². The third-order valence-electron chi connectivity index (χ3n) is 3.17. The Kier molecular flexibility index (Phi) is 9.92. The first kappa shape index (κ1) is 20.5. The van der Waals surface area contributed by atoms with E-state index in [0.29, 0.717) is 13.0 Å². The molecule has 0 aliphatic rings. The van der Waals surface area contributed by atoms with Gasteiger partial charge in [-0.3, -0.25) is 9.48 Å². The van der Waals surface area contributed by atoms with E-state index in [9.17, 15) is 4.79 Å². The van der Waals surface area contributed by atoms with Crippen molar-refractivity contribution in [3.63, 3.8) is 0 Å². The van der Waals surface area contributed by atoms with Gasteiger partial charge in [0.2, 0.25) is 5.91 Å². The second kappa shape index (κ2) is 9.18. The van der Waals surface area contributed by atoms with Crippen LogP contribution >= 0.6 is 24.8 Å². The molecule has 3 N–H and O–H groups in total. The van der Waals surface area contributed by atoms with Crippen LogP contribution in [-0.2, 0) is 18.3 Å². The van der Waals surface area contributed by atoms with Crippen molar-refractivity contribution in [2.45, 2.75) is 38.6 Å². The third-order valence-corrected chi connectivity index (χ3v) is 3.17. The number of nitrogens with one attached hydrogen (secondary N) is 1. The highest BCUT2D eigenvalue weighted by Crippen LogP contribution is 2.09. The van der Waals surface area contributed by atoms with Gasteiger partial charge in [0.1, 0.15) is 0 Å². The number of amides is 1. The second-order valence-corrected chi connectivity index (χ2v) is 4.55. The average molecular weight is 311 g/mol. The van der Waals surface area contributed by atoms with E-state index >= 15 is 0 Å². The average Bonchev–Trinajstić information content (AvgIpc) is 2.72. The third kappa shape index (κ3) is 6.80. The lowest BCUT2D eigenvalue weighted by molar-refractivity contribution is -0.120. The van der Waals surface area contributed by atoms with Crippen molar-refractivity contribution in [1.29, 1.82) is 0 Å². The highest BCUT2D eigenvalue weighted by molar-refractivity contribution is 5.85. The maximum atomic E-state index is 11.7. The predicted molar refractivity (Wildman–Crippen MR) is 81.9 cm³/mol. The van der Waals surface area contributed by atoms with Gasteiger partial charge in [-0.15, -0.1) is 24.8 Å². The van der Waals surface area contributed by atoms with Gasteiger partial charge < -0.3 is 11.1 Å². The summed E-state index contributed by atoms with van der Waals surface area (Å²) in [5.41, 5.74) is 6.74. The minimum atomic E-state index is -0.287. The van der Waals surface area contributed by atoms with Gasteiger partial charge in [-0.05, 0) is 18.4 Å². The summed E-state index contributed by atoms with van der Waals surface area (Å²) < 4.78 is 1.69. The molecule has 0 saturated carbocycles. The first-order valence-electron chi connectivity index (χ1n) is 6.02. The zero-order valence-electron chi connectivity index (χ0n) is 11.7. The van der Waals surface area contributed by atoms with E-state index in [1.807, 2.05) is 27.1 Å². The van der Waals surface area contributed by atoms with Gasteiger partial charge in [-0.1, -0.05) is 13.8 Å². The van der Waals surface area contributed by atoms with Crippen LogP contribution < -0.4 is 11.1 Å². The van der Waals surface area contributed by atoms with Crippen LogP contribution in [0.25, 0.3) is 0 Å². The summed E-state index contributed by atoms with van der Waals surface area (Å²) in [6, 6.07) is 0. The molecule has 1 rings (SSSR count). The fourth-order valence-corrected chi connectivity index (χ4v) is 1.59. The number of carbonyl (C=O) groups excluding carboxylic acids is 1. The molecule has 1 aromatic rings. The molecule has 0 radical (unpaired) electrons. The smallest absolute Gasteiger partial charge is 0.224 e. The van der Waals surface area contributed by atoms with E-state index in [4.69, 9.17) is 5.73 Å². The number of aromatic nitrogens is 2. The van der Waals surface area contributed by atoms with E-state index in [-0.39, 0.29) is 36.3 Å². The highest BCUT2D eigenvalue weighted by atomic mass is 35.5. The van der Waals surface area contributed by atoms with Gasteiger partial charge in [-0.25, -0.2) is 0 Å². The van der Waals surface area contributed by atoms with Crippen LogP contribution in [0.5, 0.6) is 0 Å². The molecular formula is C12H24Cl2N4O. The van der Waals surface area contributed by atoms with Crippen molar-refractivity contribution in [2.24, 2.45) is 12.8 Å². The van der Waals surface area contributed by atoms with Gasteiger partial charge in [0.15, 0.2) is 0 Å². The van der Waals surface area contributed by atoms with Crippen molar-refractivity contribution in [1.82, 2.24) is 15.1 Å². The molecular weight excluding hydrogens is 287 g/mol. The summed E-state index contributed by atoms with van der Waals surface area (Å²) in [5, 5.41) is 6.90. The number of rotatable bonds is 6. The molecule has 112 valence electrons. The van der Waals surface area contributed by atoms with Crippen LogP contribution in [0.2, 0.25) is 0 Å². The molecule has 0 aliphatic heterocycles. The molecule has 0 aromatic carbocycles. The molecule has 5 nitrogen and oxygen atoms in total. The van der Waals surface area contributed by atoms with E-state index < -0.39 is 0 Å². The van der Waals surface area contributed by atoms with Crippen molar-refractivity contribution in [2.75, 3.05) is 6.54 Å². The van der Waals surface area contributed by atoms with Gasteiger partial charge in [-0.2, -0.15) is 5.10 Å². The first-order chi connectivity index (χ1) is 7.99. The van der Waals surface area contributed by atoms with Crippen molar-refractivity contribution in [3.05, 3.63) is 18.0 Å². The van der Waals surface area contributed by atoms with Crippen molar-refractivity contribution < 1.29 is 4.79 Å². The van der Waals surface area contributed by atoms with Crippen LogP contribution in [0, 0.1) is 0 Å². The number of hydrogen-bond donors (Lipinski definition) is 2. The number of carbonyl (C=O) groups is 1. The fourth-order valence-electron chi connectivity index (χ4n) is 1.59. The van der Waals surface area contributed by atoms with Crippen LogP contribution in [0.15, 0.2) is 12.4 Å². The minimum absolute atomic E-state index is 0. The normalized spacial score (nSPS) is 10.3. The summed E-state index contributed by atoms with van der Waals surface area (Å²) in [6.07, 6.45) is 5.62. The Hall–Kier alpha value is -0.780. The SMILES string of the molecule is CCC(N)(CC)CNC(=O)Cc1cnn(C)c1.Cl.Cl. The van der Waals surface area contributed by atoms with Gasteiger partial charge >= 0.3 is 0 Å². The Balaban J connectivity index is 0. The maximum absolute atomic E-state index is 11.7. The molecule has 0 atom stereocenters. The molecule has 0 bridgehead atoms. The van der Waals surface area contributed by atoms with E-state index in [0.717, 1.165) is 18.4 Å². The van der Waals surface area contributed by atoms with E-state index in [1.165, 1.54) is 0 Å². The van der Waals surface area contributed by atoms with Gasteiger partial charge in [0.05, 0.1) is 12.6 Å². The molecule has 1 heterocycles. The number of nitrogens with two attached hydrogens (primary N) is 1. The standard InChI is InChI=1S/C12H22N4O.2ClH/c1-4-12(13,5-2)9-14-11(17)6-10-7-15-16(3)8-10;;/h7-8H,4-6,9,13H2,1-3H3,(H,14,17);2*1H. The Labute approximate surface area is 127 Å². The molecule has 0 saturated heterocycles. The number of hydrogen-bond acceptors (Lipinski definition) is 3. The Morgan fingerprint density at radius 2 is 2.00 bits per heavy atom. The molecule has 0 aliphatic carbocycles. The fraction of sp³-hybridized carbons (Fsp3) is 0.667. The predicted octanol–water partition coefficient (Wildman–Crippen LogP) is 1.44. The summed E-state index contributed by atoms with van der Waals surface area (Å²) in [6.45, 7) is 4.60. The quantitative estimate of drug-likeness (QED) is 0.835. The summed E-state index contributed by atoms with van der Waals surface area (Å²) in [5.74, 6) is -0.00488. The molecule has 7 heteroatoms. The first-order valence-corrected chi connectivity index (χ1v) is 6.02. The summed E-state index contributed by atoms with van der Waals surface area (Å²) in [7, 11) is 1.83. The maximum Gasteiger partial charge on any atom is 0.224 e. The zero-order chi connectivity index (χ0) is 12.9. The summed E-state index contributed by atoms with van der Waals surface area (Å²) in [4.78, 5) is 11.7. The monoisotopic (exact) mass is 310 g/mol.